The molecule has 0 amide bonds. The Bertz CT molecular complexity index is 517. The zero-order valence-electron chi connectivity index (χ0n) is 7.67. The van der Waals surface area contributed by atoms with Crippen LogP contribution in [0.25, 0.3) is 0 Å². The second kappa shape index (κ2) is 4.69. The Morgan fingerprint density at radius 1 is 1.25 bits per heavy atom. The molecule has 0 aliphatic rings. The predicted octanol–water partition coefficient (Wildman–Crippen LogP) is 2.46. The number of hydrogen-bond donors (Lipinski definition) is 0. The van der Waals surface area contributed by atoms with Crippen molar-refractivity contribution in [2.45, 2.75) is 0 Å². The largest absolute Gasteiger partial charge is 0.291 e. The van der Waals surface area contributed by atoms with Gasteiger partial charge in [0.15, 0.2) is 11.7 Å². The summed E-state index contributed by atoms with van der Waals surface area (Å²) in [6.45, 7) is 0. The van der Waals surface area contributed by atoms with Gasteiger partial charge in [0.1, 0.15) is 11.6 Å². The standard InChI is InChI=1S/C10H3ClF2N2O/c11-7-2-8(12)6(1-9(7)13)10(16)5(3-14)4-15/h1-2,5H. The molecule has 0 saturated heterocycles. The van der Waals surface area contributed by atoms with Gasteiger partial charge in [0.25, 0.3) is 0 Å². The van der Waals surface area contributed by atoms with Crippen LogP contribution in [0.3, 0.4) is 0 Å². The molecule has 0 aliphatic carbocycles. The van der Waals surface area contributed by atoms with E-state index in [0.717, 1.165) is 0 Å². The summed E-state index contributed by atoms with van der Waals surface area (Å²) in [5.74, 6) is -4.79. The second-order valence-electron chi connectivity index (χ2n) is 2.80. The average Bonchev–Trinajstić information content (AvgIpc) is 2.25. The molecule has 1 rings (SSSR count). The van der Waals surface area contributed by atoms with Crippen molar-refractivity contribution in [2.75, 3.05) is 0 Å². The maximum Gasteiger partial charge on any atom is 0.197 e. The highest BCUT2D eigenvalue weighted by Crippen LogP contribution is 2.21. The summed E-state index contributed by atoms with van der Waals surface area (Å²) in [6, 6.07) is 3.95. The molecule has 0 heterocycles. The highest BCUT2D eigenvalue weighted by Gasteiger charge is 2.23. The molecule has 1 aromatic carbocycles. The molecule has 0 bridgehead atoms. The zero-order valence-corrected chi connectivity index (χ0v) is 8.42. The van der Waals surface area contributed by atoms with E-state index in [1.807, 2.05) is 0 Å². The van der Waals surface area contributed by atoms with Crippen LogP contribution in [0.5, 0.6) is 0 Å². The van der Waals surface area contributed by atoms with Crippen molar-refractivity contribution in [1.29, 1.82) is 10.5 Å². The van der Waals surface area contributed by atoms with E-state index in [2.05, 4.69) is 0 Å². The predicted molar refractivity (Wildman–Crippen MR) is 50.4 cm³/mol. The summed E-state index contributed by atoms with van der Waals surface area (Å²) in [7, 11) is 0. The van der Waals surface area contributed by atoms with E-state index in [1.54, 1.807) is 0 Å². The third-order valence-electron chi connectivity index (χ3n) is 1.80. The Labute approximate surface area is 94.5 Å². The first kappa shape index (κ1) is 12.1. The van der Waals surface area contributed by atoms with Crippen molar-refractivity contribution in [3.63, 3.8) is 0 Å². The topological polar surface area (TPSA) is 64.7 Å². The van der Waals surface area contributed by atoms with E-state index in [4.69, 9.17) is 22.1 Å². The lowest BCUT2D eigenvalue weighted by molar-refractivity contribution is 0.0966. The molecular weight excluding hydrogens is 238 g/mol. The lowest BCUT2D eigenvalue weighted by Crippen LogP contribution is -2.13. The van der Waals surface area contributed by atoms with Gasteiger partial charge in [-0.25, -0.2) is 8.78 Å². The third kappa shape index (κ3) is 2.16. The van der Waals surface area contributed by atoms with E-state index in [-0.39, 0.29) is 0 Å². The van der Waals surface area contributed by atoms with Gasteiger partial charge < -0.3 is 0 Å². The number of ketones is 1. The molecule has 0 N–H and O–H groups in total. The first-order chi connectivity index (χ1) is 7.51. The van der Waals surface area contributed by atoms with Gasteiger partial charge in [0.2, 0.25) is 0 Å². The van der Waals surface area contributed by atoms with Crippen LogP contribution < -0.4 is 0 Å². The number of rotatable bonds is 2. The van der Waals surface area contributed by atoms with Crippen molar-refractivity contribution in [2.24, 2.45) is 5.92 Å². The van der Waals surface area contributed by atoms with Gasteiger partial charge in [-0.15, -0.1) is 0 Å². The maximum atomic E-state index is 13.2. The fraction of sp³-hybridized carbons (Fsp3) is 0.100. The molecule has 1 aromatic rings. The van der Waals surface area contributed by atoms with Crippen molar-refractivity contribution in [1.82, 2.24) is 0 Å². The Morgan fingerprint density at radius 2 is 1.81 bits per heavy atom. The molecule has 0 radical (unpaired) electrons. The summed E-state index contributed by atoms with van der Waals surface area (Å²) in [6.07, 6.45) is 0. The molecule has 0 fully saturated rings. The number of nitrogens with zero attached hydrogens (tertiary/aromatic N) is 2. The molecule has 0 unspecified atom stereocenters. The molecule has 6 heteroatoms. The Morgan fingerprint density at radius 3 is 2.31 bits per heavy atom. The van der Waals surface area contributed by atoms with Gasteiger partial charge >= 0.3 is 0 Å². The molecule has 0 saturated carbocycles. The van der Waals surface area contributed by atoms with E-state index < -0.39 is 33.9 Å². The van der Waals surface area contributed by atoms with Crippen LogP contribution >= 0.6 is 11.6 Å². The van der Waals surface area contributed by atoms with Crippen molar-refractivity contribution in [3.05, 3.63) is 34.4 Å². The molecule has 3 nitrogen and oxygen atoms in total. The fourth-order valence-electron chi connectivity index (χ4n) is 1.01. The van der Waals surface area contributed by atoms with Gasteiger partial charge in [-0.3, -0.25) is 4.79 Å². The van der Waals surface area contributed by atoms with Crippen LogP contribution in [0.2, 0.25) is 5.02 Å². The smallest absolute Gasteiger partial charge is 0.197 e. The number of hydrogen-bond acceptors (Lipinski definition) is 3. The van der Waals surface area contributed by atoms with E-state index in [1.165, 1.54) is 12.1 Å². The van der Waals surface area contributed by atoms with E-state index >= 15 is 0 Å². The molecule has 16 heavy (non-hydrogen) atoms. The minimum atomic E-state index is -1.66. The highest BCUT2D eigenvalue weighted by molar-refractivity contribution is 6.30. The Kier molecular flexibility index (Phi) is 3.55. The minimum Gasteiger partial charge on any atom is -0.291 e. The SMILES string of the molecule is N#CC(C#N)C(=O)c1cc(F)c(Cl)cc1F. The second-order valence-corrected chi connectivity index (χ2v) is 3.21. The highest BCUT2D eigenvalue weighted by atomic mass is 35.5. The van der Waals surface area contributed by atoms with Crippen molar-refractivity contribution in [3.8, 4) is 12.1 Å². The van der Waals surface area contributed by atoms with Crippen molar-refractivity contribution < 1.29 is 13.6 Å². The fourth-order valence-corrected chi connectivity index (χ4v) is 1.16. The molecule has 80 valence electrons. The molecule has 0 spiro atoms. The molecule has 0 aliphatic heterocycles. The third-order valence-corrected chi connectivity index (χ3v) is 2.09. The first-order valence-electron chi connectivity index (χ1n) is 3.99. The maximum absolute atomic E-state index is 13.2. The zero-order chi connectivity index (χ0) is 12.3. The summed E-state index contributed by atoms with van der Waals surface area (Å²) in [4.78, 5) is 11.4. The number of halogens is 3. The van der Waals surface area contributed by atoms with Crippen LogP contribution in [-0.4, -0.2) is 5.78 Å². The summed E-state index contributed by atoms with van der Waals surface area (Å²) < 4.78 is 26.2. The number of nitriles is 2. The molecule has 0 atom stereocenters. The number of benzene rings is 1. The van der Waals surface area contributed by atoms with Crippen molar-refractivity contribution >= 4 is 17.4 Å². The Balaban J connectivity index is 3.26. The summed E-state index contributed by atoms with van der Waals surface area (Å²) >= 11 is 5.28. The normalized spacial score (nSPS) is 9.62. The van der Waals surface area contributed by atoms with Gasteiger partial charge in [0.05, 0.1) is 22.7 Å². The lowest BCUT2D eigenvalue weighted by Gasteiger charge is -2.03. The lowest BCUT2D eigenvalue weighted by atomic mass is 10.00. The molecule has 0 aromatic heterocycles. The van der Waals surface area contributed by atoms with Crippen LogP contribution in [0.15, 0.2) is 12.1 Å². The van der Waals surface area contributed by atoms with Gasteiger partial charge in [0, 0.05) is 0 Å². The van der Waals surface area contributed by atoms with Gasteiger partial charge in [-0.2, -0.15) is 10.5 Å². The van der Waals surface area contributed by atoms with Gasteiger partial charge in [-0.1, -0.05) is 11.6 Å². The van der Waals surface area contributed by atoms with E-state index in [0.29, 0.717) is 12.1 Å². The average molecular weight is 241 g/mol. The Hall–Kier alpha value is -1.98. The summed E-state index contributed by atoms with van der Waals surface area (Å²) in [5.41, 5.74) is -0.657. The minimum absolute atomic E-state index is 0.473. The van der Waals surface area contributed by atoms with Crippen LogP contribution in [0, 0.1) is 40.2 Å². The quantitative estimate of drug-likeness (QED) is 0.589. The van der Waals surface area contributed by atoms with Crippen LogP contribution in [0.1, 0.15) is 10.4 Å². The van der Waals surface area contributed by atoms with E-state index in [9.17, 15) is 13.6 Å². The number of Topliss-reactive ketones (excluding diaryl/α,β-unsaturated/α-hetero) is 1. The molecular formula is C10H3ClF2N2O. The monoisotopic (exact) mass is 240 g/mol. The first-order valence-corrected chi connectivity index (χ1v) is 4.37. The van der Waals surface area contributed by atoms with Gasteiger partial charge in [-0.05, 0) is 12.1 Å². The number of carbonyl (C=O) groups is 1. The van der Waals surface area contributed by atoms with Crippen LogP contribution in [-0.2, 0) is 0 Å². The summed E-state index contributed by atoms with van der Waals surface area (Å²) in [5, 5.41) is 16.4. The number of carbonyl (C=O) groups excluding carboxylic acids is 1. The van der Waals surface area contributed by atoms with Crippen LogP contribution in [0.4, 0.5) is 8.78 Å².